The van der Waals surface area contributed by atoms with Crippen molar-refractivity contribution in [3.05, 3.63) is 59.4 Å². The third-order valence-corrected chi connectivity index (χ3v) is 2.95. The van der Waals surface area contributed by atoms with Gasteiger partial charge >= 0.3 is 0 Å². The summed E-state index contributed by atoms with van der Waals surface area (Å²) >= 11 is 5.75. The summed E-state index contributed by atoms with van der Waals surface area (Å²) in [4.78, 5) is 15.6. The number of aromatic nitrogens is 1. The lowest BCUT2D eigenvalue weighted by molar-refractivity contribution is 0.0948. The van der Waals surface area contributed by atoms with E-state index in [2.05, 4.69) is 10.3 Å². The Morgan fingerprint density at radius 2 is 2.11 bits per heavy atom. The maximum absolute atomic E-state index is 11.9. The van der Waals surface area contributed by atoms with Crippen LogP contribution in [-0.2, 0) is 12.4 Å². The van der Waals surface area contributed by atoms with Gasteiger partial charge in [0.2, 0.25) is 0 Å². The van der Waals surface area contributed by atoms with Crippen LogP contribution in [0.25, 0.3) is 0 Å². The maximum Gasteiger partial charge on any atom is 0.255 e. The Labute approximate surface area is 116 Å². The molecule has 1 heterocycles. The van der Waals surface area contributed by atoms with E-state index in [1.54, 1.807) is 0 Å². The summed E-state index contributed by atoms with van der Waals surface area (Å²) in [5.74, 6) is -0.0295. The summed E-state index contributed by atoms with van der Waals surface area (Å²) in [6.45, 7) is 0.380. The number of aromatic hydroxyl groups is 1. The first-order chi connectivity index (χ1) is 9.20. The third kappa shape index (κ3) is 3.45. The van der Waals surface area contributed by atoms with Crippen molar-refractivity contribution in [1.29, 1.82) is 0 Å². The monoisotopic (exact) mass is 276 g/mol. The molecule has 1 aromatic carbocycles. The van der Waals surface area contributed by atoms with E-state index in [4.69, 9.17) is 11.6 Å². The molecule has 0 saturated heterocycles. The van der Waals surface area contributed by atoms with Crippen molar-refractivity contribution < 1.29 is 9.90 Å². The van der Waals surface area contributed by atoms with E-state index in [1.807, 2.05) is 24.3 Å². The van der Waals surface area contributed by atoms with Crippen molar-refractivity contribution in [3.63, 3.8) is 0 Å². The van der Waals surface area contributed by atoms with E-state index in [0.717, 1.165) is 11.1 Å². The predicted octanol–water partition coefficient (Wildman–Crippen LogP) is 2.46. The van der Waals surface area contributed by atoms with Crippen LogP contribution in [0, 0.1) is 0 Å². The second-order valence-electron chi connectivity index (χ2n) is 4.03. The van der Waals surface area contributed by atoms with Gasteiger partial charge in [0.05, 0.1) is 11.8 Å². The summed E-state index contributed by atoms with van der Waals surface area (Å²) in [5.41, 5.74) is 2.17. The fourth-order valence-corrected chi connectivity index (χ4v) is 1.84. The molecule has 0 bridgehead atoms. The van der Waals surface area contributed by atoms with Gasteiger partial charge in [-0.25, -0.2) is 0 Å². The van der Waals surface area contributed by atoms with Crippen molar-refractivity contribution in [2.45, 2.75) is 12.4 Å². The highest BCUT2D eigenvalue weighted by Crippen LogP contribution is 2.14. The van der Waals surface area contributed by atoms with Crippen LogP contribution < -0.4 is 5.32 Å². The molecule has 0 radical (unpaired) electrons. The molecule has 2 N–H and O–H groups in total. The van der Waals surface area contributed by atoms with Crippen molar-refractivity contribution >= 4 is 17.5 Å². The molecule has 98 valence electrons. The molecular formula is C14H13ClN2O2. The highest BCUT2D eigenvalue weighted by Gasteiger charge is 2.10. The van der Waals surface area contributed by atoms with Crippen LogP contribution in [0.4, 0.5) is 0 Å². The molecule has 19 heavy (non-hydrogen) atoms. The van der Waals surface area contributed by atoms with E-state index >= 15 is 0 Å². The van der Waals surface area contributed by atoms with E-state index in [1.165, 1.54) is 18.5 Å². The topological polar surface area (TPSA) is 62.2 Å². The molecule has 2 rings (SSSR count). The molecule has 0 aliphatic carbocycles. The molecular weight excluding hydrogens is 264 g/mol. The molecule has 0 aliphatic rings. The quantitative estimate of drug-likeness (QED) is 0.843. The molecule has 1 aromatic heterocycles. The first-order valence-corrected chi connectivity index (χ1v) is 6.29. The number of hydrogen-bond donors (Lipinski definition) is 2. The Morgan fingerprint density at radius 1 is 1.32 bits per heavy atom. The van der Waals surface area contributed by atoms with E-state index in [0.29, 0.717) is 12.4 Å². The van der Waals surface area contributed by atoms with Gasteiger partial charge in [-0.05, 0) is 17.2 Å². The van der Waals surface area contributed by atoms with E-state index < -0.39 is 0 Å². The Bertz CT molecular complexity index is 587. The van der Waals surface area contributed by atoms with Crippen molar-refractivity contribution in [2.75, 3.05) is 0 Å². The lowest BCUT2D eigenvalue weighted by Crippen LogP contribution is -2.22. The Morgan fingerprint density at radius 3 is 2.84 bits per heavy atom. The molecule has 0 atom stereocenters. The van der Waals surface area contributed by atoms with Gasteiger partial charge in [0.25, 0.3) is 5.91 Å². The average molecular weight is 277 g/mol. The molecule has 0 unspecified atom stereocenters. The highest BCUT2D eigenvalue weighted by atomic mass is 35.5. The largest absolute Gasteiger partial charge is 0.505 e. The molecule has 5 heteroatoms. The van der Waals surface area contributed by atoms with Gasteiger partial charge in [-0.3, -0.25) is 9.78 Å². The number of amides is 1. The average Bonchev–Trinajstić information content (AvgIpc) is 2.45. The van der Waals surface area contributed by atoms with Gasteiger partial charge in [-0.1, -0.05) is 24.3 Å². The molecule has 2 aromatic rings. The molecule has 0 fully saturated rings. The second kappa shape index (κ2) is 6.20. The number of carbonyl (C=O) groups excluding carboxylic acids is 1. The van der Waals surface area contributed by atoms with Crippen LogP contribution in [0.15, 0.2) is 42.7 Å². The van der Waals surface area contributed by atoms with Gasteiger partial charge in [0.15, 0.2) is 0 Å². The number of rotatable bonds is 4. The molecule has 4 nitrogen and oxygen atoms in total. The van der Waals surface area contributed by atoms with Gasteiger partial charge < -0.3 is 10.4 Å². The molecule has 0 aliphatic heterocycles. The smallest absolute Gasteiger partial charge is 0.255 e. The van der Waals surface area contributed by atoms with Crippen LogP contribution in [0.1, 0.15) is 21.5 Å². The highest BCUT2D eigenvalue weighted by molar-refractivity contribution is 6.17. The summed E-state index contributed by atoms with van der Waals surface area (Å²) in [6.07, 6.45) is 2.70. The van der Waals surface area contributed by atoms with Gasteiger partial charge in [0, 0.05) is 18.6 Å². The summed E-state index contributed by atoms with van der Waals surface area (Å²) in [6, 6.07) is 9.12. The fraction of sp³-hybridized carbons (Fsp3) is 0.143. The SMILES string of the molecule is O=C(NCc1cccc(CCl)c1)c1ccncc1O. The maximum atomic E-state index is 11.9. The number of hydrogen-bond acceptors (Lipinski definition) is 3. The minimum absolute atomic E-state index is 0.130. The molecule has 0 saturated carbocycles. The van der Waals surface area contributed by atoms with E-state index in [-0.39, 0.29) is 17.2 Å². The van der Waals surface area contributed by atoms with Crippen molar-refractivity contribution in [1.82, 2.24) is 10.3 Å². The van der Waals surface area contributed by atoms with Crippen LogP contribution in [0.5, 0.6) is 5.75 Å². The molecule has 1 amide bonds. The zero-order valence-electron chi connectivity index (χ0n) is 10.1. The van der Waals surface area contributed by atoms with Crippen LogP contribution in [0.3, 0.4) is 0 Å². The molecule has 0 spiro atoms. The number of halogens is 1. The predicted molar refractivity (Wildman–Crippen MR) is 73.1 cm³/mol. The number of carbonyl (C=O) groups is 1. The summed E-state index contributed by atoms with van der Waals surface area (Å²) in [7, 11) is 0. The minimum atomic E-state index is -0.337. The first-order valence-electron chi connectivity index (χ1n) is 5.75. The first kappa shape index (κ1) is 13.4. The van der Waals surface area contributed by atoms with Crippen molar-refractivity contribution in [2.24, 2.45) is 0 Å². The number of alkyl halides is 1. The van der Waals surface area contributed by atoms with Gasteiger partial charge in [0.1, 0.15) is 5.75 Å². The summed E-state index contributed by atoms with van der Waals surface area (Å²) in [5, 5.41) is 12.3. The standard InChI is InChI=1S/C14H13ClN2O2/c15-7-10-2-1-3-11(6-10)8-17-14(19)12-4-5-16-9-13(12)18/h1-6,9,18H,7-8H2,(H,17,19). The minimum Gasteiger partial charge on any atom is -0.505 e. The van der Waals surface area contributed by atoms with E-state index in [9.17, 15) is 9.90 Å². The zero-order valence-corrected chi connectivity index (χ0v) is 10.9. The fourth-order valence-electron chi connectivity index (χ4n) is 1.68. The normalized spacial score (nSPS) is 10.2. The van der Waals surface area contributed by atoms with Crippen molar-refractivity contribution in [3.8, 4) is 5.75 Å². The number of pyridine rings is 1. The number of benzene rings is 1. The summed E-state index contributed by atoms with van der Waals surface area (Å²) < 4.78 is 0. The zero-order chi connectivity index (χ0) is 13.7. The van der Waals surface area contributed by atoms with Crippen LogP contribution >= 0.6 is 11.6 Å². The third-order valence-electron chi connectivity index (χ3n) is 2.64. The Hall–Kier alpha value is -2.07. The Balaban J connectivity index is 2.02. The Kier molecular flexibility index (Phi) is 4.36. The van der Waals surface area contributed by atoms with Gasteiger partial charge in [-0.2, -0.15) is 0 Å². The number of nitrogens with one attached hydrogen (secondary N) is 1. The number of nitrogens with zero attached hydrogens (tertiary/aromatic N) is 1. The van der Waals surface area contributed by atoms with Gasteiger partial charge in [-0.15, -0.1) is 11.6 Å². The lowest BCUT2D eigenvalue weighted by atomic mass is 10.1. The second-order valence-corrected chi connectivity index (χ2v) is 4.30. The lowest BCUT2D eigenvalue weighted by Gasteiger charge is -2.07. The van der Waals surface area contributed by atoms with Crippen LogP contribution in [0.2, 0.25) is 0 Å². The van der Waals surface area contributed by atoms with Crippen LogP contribution in [-0.4, -0.2) is 16.0 Å².